The van der Waals surface area contributed by atoms with Crippen LogP contribution in [0.4, 0.5) is 5.69 Å². The number of halogens is 2. The van der Waals surface area contributed by atoms with Gasteiger partial charge in [-0.1, -0.05) is 47.5 Å². The number of ether oxygens (including phenoxy) is 1. The van der Waals surface area contributed by atoms with Crippen LogP contribution in [-0.2, 0) is 9.53 Å². The molecule has 200 valence electrons. The topological polar surface area (TPSA) is 151 Å². The quantitative estimate of drug-likeness (QED) is 0.397. The second kappa shape index (κ2) is 10.9. The molecule has 39 heavy (non-hydrogen) atoms. The number of hydrogen-bond donors (Lipinski definition) is 3. The van der Waals surface area contributed by atoms with Crippen LogP contribution in [0.25, 0.3) is 6.08 Å². The van der Waals surface area contributed by atoms with Gasteiger partial charge in [0, 0.05) is 16.0 Å². The van der Waals surface area contributed by atoms with Crippen LogP contribution in [0.3, 0.4) is 0 Å². The molecule has 0 radical (unpaired) electrons. The van der Waals surface area contributed by atoms with Gasteiger partial charge in [0.25, 0.3) is 11.5 Å². The number of H-pyrrole nitrogens is 2. The Hall–Kier alpha value is -4.15. The summed E-state index contributed by atoms with van der Waals surface area (Å²) in [4.78, 5) is 53.3. The van der Waals surface area contributed by atoms with Gasteiger partial charge in [0.15, 0.2) is 12.3 Å². The lowest BCUT2D eigenvalue weighted by Crippen LogP contribution is -2.35. The summed E-state index contributed by atoms with van der Waals surface area (Å²) >= 11 is 12.1. The van der Waals surface area contributed by atoms with Gasteiger partial charge in [-0.05, 0) is 66.3 Å². The van der Waals surface area contributed by atoms with Gasteiger partial charge >= 0.3 is 11.7 Å². The van der Waals surface area contributed by atoms with E-state index in [1.807, 2.05) is 47.5 Å². The van der Waals surface area contributed by atoms with E-state index >= 15 is 0 Å². The molecule has 1 aromatic heterocycles. The molecule has 0 saturated heterocycles. The van der Waals surface area contributed by atoms with Crippen LogP contribution in [0.15, 0.2) is 68.8 Å². The normalized spacial score (nSPS) is 19.5. The Labute approximate surface area is 232 Å². The third-order valence-corrected chi connectivity index (χ3v) is 7.19. The van der Waals surface area contributed by atoms with Crippen LogP contribution in [0.5, 0.6) is 0 Å². The van der Waals surface area contributed by atoms with E-state index in [2.05, 4.69) is 4.98 Å². The highest BCUT2D eigenvalue weighted by atomic mass is 35.5. The van der Waals surface area contributed by atoms with Crippen LogP contribution < -0.4 is 17.0 Å². The van der Waals surface area contributed by atoms with E-state index in [0.29, 0.717) is 10.0 Å². The first-order valence-corrected chi connectivity index (χ1v) is 12.9. The third kappa shape index (κ3) is 5.52. The number of aromatic amines is 2. The highest BCUT2D eigenvalue weighted by molar-refractivity contribution is 6.30. The number of nitrogens with one attached hydrogen (secondary N) is 2. The fraction of sp³-hybridized carbons (Fsp3) is 0.222. The van der Waals surface area contributed by atoms with Crippen molar-refractivity contribution < 1.29 is 14.3 Å². The van der Waals surface area contributed by atoms with Crippen molar-refractivity contribution in [2.24, 2.45) is 11.0 Å². The Morgan fingerprint density at radius 3 is 2.41 bits per heavy atom. The molecule has 1 fully saturated rings. The maximum Gasteiger partial charge on any atom is 0.357 e. The number of hydrogen-bond acceptors (Lipinski definition) is 7. The summed E-state index contributed by atoms with van der Waals surface area (Å²) < 4.78 is 5.13. The molecule has 2 unspecified atom stereocenters. The first kappa shape index (κ1) is 26.5. The lowest BCUT2D eigenvalue weighted by molar-refractivity contribution is -0.137. The number of nitrogens with two attached hydrogens (primary N) is 1. The molecule has 0 bridgehead atoms. The predicted molar refractivity (Wildman–Crippen MR) is 148 cm³/mol. The van der Waals surface area contributed by atoms with Crippen molar-refractivity contribution in [2.75, 3.05) is 12.3 Å². The second-order valence-electron chi connectivity index (χ2n) is 9.21. The number of hydrazone groups is 1. The summed E-state index contributed by atoms with van der Waals surface area (Å²) in [5, 5.41) is 7.25. The SMILES string of the molecule is Nc1c(C(=O)OCC(=O)N2N=C3C(=Cc4ccc(Cl)cc4)CCCC3C2c2ccc(Cl)cc2)[nH]c(=O)[nH]c1=O. The van der Waals surface area contributed by atoms with Gasteiger partial charge in [-0.3, -0.25) is 19.6 Å². The maximum atomic E-state index is 13.4. The van der Waals surface area contributed by atoms with Crippen LogP contribution >= 0.6 is 23.2 Å². The number of amides is 1. The number of nitrogens with zero attached hydrogens (tertiary/aromatic N) is 2. The van der Waals surface area contributed by atoms with E-state index in [-0.39, 0.29) is 5.92 Å². The van der Waals surface area contributed by atoms with Crippen molar-refractivity contribution in [2.45, 2.75) is 25.3 Å². The summed E-state index contributed by atoms with van der Waals surface area (Å²) in [6, 6.07) is 14.2. The number of carbonyl (C=O) groups excluding carboxylic acids is 2. The molecule has 2 aliphatic rings. The summed E-state index contributed by atoms with van der Waals surface area (Å²) in [5.74, 6) is -1.78. The average molecular weight is 568 g/mol. The average Bonchev–Trinajstić information content (AvgIpc) is 3.31. The lowest BCUT2D eigenvalue weighted by Gasteiger charge is -2.29. The zero-order valence-electron chi connectivity index (χ0n) is 20.4. The molecule has 1 saturated carbocycles. The molecule has 2 atom stereocenters. The fourth-order valence-corrected chi connectivity index (χ4v) is 5.14. The number of carbonyl (C=O) groups is 2. The minimum absolute atomic E-state index is 0.0854. The lowest BCUT2D eigenvalue weighted by atomic mass is 9.77. The number of anilines is 1. The van der Waals surface area contributed by atoms with E-state index in [1.54, 1.807) is 12.1 Å². The third-order valence-electron chi connectivity index (χ3n) is 6.69. The molecule has 3 aromatic rings. The molecule has 12 heteroatoms. The number of esters is 1. The van der Waals surface area contributed by atoms with Crippen LogP contribution in [0.2, 0.25) is 10.0 Å². The molecular formula is C27H23Cl2N5O5. The molecule has 2 heterocycles. The molecule has 2 aromatic carbocycles. The monoisotopic (exact) mass is 567 g/mol. The fourth-order valence-electron chi connectivity index (χ4n) is 4.88. The number of allylic oxidation sites excluding steroid dienone is 1. The van der Waals surface area contributed by atoms with E-state index in [4.69, 9.17) is 38.8 Å². The molecule has 0 spiro atoms. The maximum absolute atomic E-state index is 13.4. The van der Waals surface area contributed by atoms with E-state index < -0.39 is 47.2 Å². The van der Waals surface area contributed by atoms with Crippen LogP contribution in [-0.4, -0.2) is 39.2 Å². The van der Waals surface area contributed by atoms with E-state index in [1.165, 1.54) is 5.01 Å². The van der Waals surface area contributed by atoms with E-state index in [9.17, 15) is 19.2 Å². The van der Waals surface area contributed by atoms with Gasteiger partial charge in [-0.2, -0.15) is 5.10 Å². The standard InChI is InChI=1S/C27H23Cl2N5O5/c28-17-8-4-14(5-9-17)12-16-2-1-3-19-22(16)33-34(24(19)15-6-10-18(29)11-7-15)20(35)13-39-26(37)23-21(30)25(36)32-27(38)31-23/h4-12,19,24H,1-3,13,30H2,(H2,31,32,36,38). The van der Waals surface area contributed by atoms with Crippen molar-refractivity contribution in [3.63, 3.8) is 0 Å². The van der Waals surface area contributed by atoms with Gasteiger partial charge < -0.3 is 10.5 Å². The van der Waals surface area contributed by atoms with E-state index in [0.717, 1.165) is 41.7 Å². The summed E-state index contributed by atoms with van der Waals surface area (Å²) in [6.07, 6.45) is 4.54. The summed E-state index contributed by atoms with van der Waals surface area (Å²) in [5.41, 5.74) is 6.29. The number of benzene rings is 2. The number of nitrogen functional groups attached to an aromatic ring is 1. The van der Waals surface area contributed by atoms with Crippen molar-refractivity contribution in [1.29, 1.82) is 0 Å². The zero-order valence-corrected chi connectivity index (χ0v) is 22.0. The van der Waals surface area contributed by atoms with Crippen molar-refractivity contribution >= 4 is 52.6 Å². The van der Waals surface area contributed by atoms with Gasteiger partial charge in [0.05, 0.1) is 11.8 Å². The Morgan fingerprint density at radius 2 is 1.72 bits per heavy atom. The molecular weight excluding hydrogens is 545 g/mol. The van der Waals surface area contributed by atoms with Crippen LogP contribution in [0.1, 0.15) is 46.9 Å². The Morgan fingerprint density at radius 1 is 1.05 bits per heavy atom. The summed E-state index contributed by atoms with van der Waals surface area (Å²) in [6.45, 7) is -0.684. The Kier molecular flexibility index (Phi) is 7.40. The van der Waals surface area contributed by atoms with Gasteiger partial charge in [0.2, 0.25) is 0 Å². The van der Waals surface area contributed by atoms with Crippen molar-refractivity contribution in [1.82, 2.24) is 15.0 Å². The zero-order chi connectivity index (χ0) is 27.7. The predicted octanol–water partition coefficient (Wildman–Crippen LogP) is 3.93. The van der Waals surface area contributed by atoms with Crippen molar-refractivity contribution in [3.8, 4) is 0 Å². The number of fused-ring (bicyclic) bond motifs is 1. The highest BCUT2D eigenvalue weighted by Gasteiger charge is 2.44. The summed E-state index contributed by atoms with van der Waals surface area (Å²) in [7, 11) is 0. The number of aromatic nitrogens is 2. The Bertz CT molecular complexity index is 1610. The van der Waals surface area contributed by atoms with Gasteiger partial charge in [-0.25, -0.2) is 14.6 Å². The minimum atomic E-state index is -1.11. The molecule has 1 aliphatic carbocycles. The second-order valence-corrected chi connectivity index (χ2v) is 10.1. The van der Waals surface area contributed by atoms with Crippen molar-refractivity contribution in [3.05, 3.63) is 102 Å². The van der Waals surface area contributed by atoms with Gasteiger partial charge in [0.1, 0.15) is 5.69 Å². The number of rotatable bonds is 5. The molecule has 10 nitrogen and oxygen atoms in total. The molecule has 4 N–H and O–H groups in total. The molecule has 1 amide bonds. The highest BCUT2D eigenvalue weighted by Crippen LogP contribution is 2.44. The molecule has 5 rings (SSSR count). The minimum Gasteiger partial charge on any atom is -0.451 e. The smallest absolute Gasteiger partial charge is 0.357 e. The van der Waals surface area contributed by atoms with Crippen LogP contribution in [0, 0.1) is 5.92 Å². The Balaban J connectivity index is 1.45. The first-order valence-electron chi connectivity index (χ1n) is 12.1. The molecule has 1 aliphatic heterocycles. The first-order chi connectivity index (χ1) is 18.7. The van der Waals surface area contributed by atoms with Gasteiger partial charge in [-0.15, -0.1) is 0 Å². The largest absolute Gasteiger partial charge is 0.451 e.